The van der Waals surface area contributed by atoms with Gasteiger partial charge in [0.25, 0.3) is 0 Å². The largest absolute Gasteiger partial charge is 0.490 e. The molecule has 0 spiro atoms. The maximum atomic E-state index is 15.8. The summed E-state index contributed by atoms with van der Waals surface area (Å²) in [6.07, 6.45) is 5.54. The summed E-state index contributed by atoms with van der Waals surface area (Å²) >= 11 is 0. The number of nitrogens with zero attached hydrogens (tertiary/aromatic N) is 3. The van der Waals surface area contributed by atoms with Crippen molar-refractivity contribution in [1.29, 1.82) is 0 Å². The van der Waals surface area contributed by atoms with Crippen molar-refractivity contribution >= 4 is 5.78 Å². The second-order valence-electron chi connectivity index (χ2n) is 11.6. The third-order valence-electron chi connectivity index (χ3n) is 8.60. The molecule has 7 nitrogen and oxygen atoms in total. The number of benzene rings is 3. The van der Waals surface area contributed by atoms with E-state index < -0.39 is 11.5 Å². The number of aryl methyl sites for hydroxylation is 2. The number of carbonyl (C=O) groups is 1. The zero-order valence-electron chi connectivity index (χ0n) is 25.4. The molecule has 0 saturated heterocycles. The molecule has 43 heavy (non-hydrogen) atoms. The van der Waals surface area contributed by atoms with E-state index in [1.165, 1.54) is 23.1 Å². The molecule has 1 aliphatic carbocycles. The molecule has 1 saturated carbocycles. The van der Waals surface area contributed by atoms with E-state index in [1.54, 1.807) is 7.05 Å². The number of ketones is 1. The molecule has 226 valence electrons. The van der Waals surface area contributed by atoms with Crippen molar-refractivity contribution < 1.29 is 18.7 Å². The van der Waals surface area contributed by atoms with Crippen molar-refractivity contribution in [2.24, 2.45) is 13.0 Å². The monoisotopic (exact) mass is 585 g/mol. The van der Waals surface area contributed by atoms with Crippen molar-refractivity contribution in [3.63, 3.8) is 0 Å². The molecule has 1 aromatic heterocycles. The van der Waals surface area contributed by atoms with Gasteiger partial charge in [-0.3, -0.25) is 9.36 Å². The third-order valence-corrected chi connectivity index (χ3v) is 8.60. The average Bonchev–Trinajstić information content (AvgIpc) is 3.29. The predicted octanol–water partition coefficient (Wildman–Crippen LogP) is 6.82. The van der Waals surface area contributed by atoms with Crippen molar-refractivity contribution in [2.45, 2.75) is 78.6 Å². The number of halogens is 1. The van der Waals surface area contributed by atoms with E-state index in [2.05, 4.69) is 5.10 Å². The molecule has 1 heterocycles. The molecule has 0 N–H and O–H groups in total. The molecular formula is C35H40FN3O4. The van der Waals surface area contributed by atoms with Gasteiger partial charge in [0, 0.05) is 19.5 Å². The number of aromatic nitrogens is 3. The third kappa shape index (κ3) is 6.96. The fourth-order valence-electron chi connectivity index (χ4n) is 5.90. The fourth-order valence-corrected chi connectivity index (χ4v) is 5.90. The minimum absolute atomic E-state index is 0.0654. The quantitative estimate of drug-likeness (QED) is 0.181. The highest BCUT2D eigenvalue weighted by Crippen LogP contribution is 2.33. The Morgan fingerprint density at radius 2 is 1.70 bits per heavy atom. The fraction of sp³-hybridized carbons (Fsp3) is 0.400. The van der Waals surface area contributed by atoms with Crippen LogP contribution in [0, 0.1) is 25.6 Å². The van der Waals surface area contributed by atoms with E-state index in [0.29, 0.717) is 18.3 Å². The summed E-state index contributed by atoms with van der Waals surface area (Å²) in [4.78, 5) is 26.9. The Labute approximate surface area is 252 Å². The molecule has 8 heteroatoms. The number of carbonyl (C=O) groups excluding carboxylic acids is 1. The van der Waals surface area contributed by atoms with Crippen LogP contribution in [0.25, 0.3) is 5.69 Å². The SMILES string of the molecule is Cc1cccc(C)c1CC(=O)c1cc(F)c(-n2nc(COCc3ccccc3)n(C)c2=O)cc1OC(C)C1CCCCC1. The summed E-state index contributed by atoms with van der Waals surface area (Å²) in [5.74, 6) is 0.00462. The minimum Gasteiger partial charge on any atom is -0.490 e. The molecule has 1 aliphatic rings. The number of rotatable bonds is 11. The van der Waals surface area contributed by atoms with Gasteiger partial charge in [-0.15, -0.1) is 5.10 Å². The summed E-state index contributed by atoms with van der Waals surface area (Å²) in [5.41, 5.74) is 3.51. The lowest BCUT2D eigenvalue weighted by atomic mass is 9.86. The first kappa shape index (κ1) is 30.4. The molecule has 0 aliphatic heterocycles. The van der Waals surface area contributed by atoms with Crippen LogP contribution in [0.3, 0.4) is 0 Å². The topological polar surface area (TPSA) is 75.4 Å². The van der Waals surface area contributed by atoms with E-state index in [0.717, 1.165) is 52.6 Å². The first-order valence-corrected chi connectivity index (χ1v) is 15.1. The van der Waals surface area contributed by atoms with E-state index in [1.807, 2.05) is 69.3 Å². The van der Waals surface area contributed by atoms with Gasteiger partial charge in [0.2, 0.25) is 0 Å². The van der Waals surface area contributed by atoms with Crippen LogP contribution in [0.2, 0.25) is 0 Å². The van der Waals surface area contributed by atoms with Gasteiger partial charge in [-0.05, 0) is 67.9 Å². The lowest BCUT2D eigenvalue weighted by Crippen LogP contribution is -2.27. The Bertz CT molecular complexity index is 1620. The summed E-state index contributed by atoms with van der Waals surface area (Å²) < 4.78 is 30.4. The van der Waals surface area contributed by atoms with Crippen molar-refractivity contribution in [3.8, 4) is 11.4 Å². The van der Waals surface area contributed by atoms with E-state index in [-0.39, 0.29) is 41.9 Å². The molecule has 1 unspecified atom stereocenters. The van der Waals surface area contributed by atoms with E-state index in [4.69, 9.17) is 9.47 Å². The predicted molar refractivity (Wildman–Crippen MR) is 164 cm³/mol. The van der Waals surface area contributed by atoms with Crippen LogP contribution >= 0.6 is 0 Å². The molecule has 0 bridgehead atoms. The lowest BCUT2D eigenvalue weighted by molar-refractivity contribution is 0.0969. The highest BCUT2D eigenvalue weighted by Gasteiger charge is 2.26. The lowest BCUT2D eigenvalue weighted by Gasteiger charge is -2.29. The van der Waals surface area contributed by atoms with Gasteiger partial charge in [0.05, 0.1) is 18.3 Å². The molecule has 1 atom stereocenters. The van der Waals surface area contributed by atoms with Gasteiger partial charge in [0.1, 0.15) is 23.9 Å². The van der Waals surface area contributed by atoms with Gasteiger partial charge in [-0.1, -0.05) is 67.8 Å². The van der Waals surface area contributed by atoms with E-state index in [9.17, 15) is 9.59 Å². The highest BCUT2D eigenvalue weighted by atomic mass is 19.1. The van der Waals surface area contributed by atoms with E-state index >= 15 is 4.39 Å². The second-order valence-corrected chi connectivity index (χ2v) is 11.6. The summed E-state index contributed by atoms with van der Waals surface area (Å²) in [6, 6.07) is 18.2. The number of hydrogen-bond acceptors (Lipinski definition) is 5. The first-order valence-electron chi connectivity index (χ1n) is 15.1. The molecule has 1 fully saturated rings. The van der Waals surface area contributed by atoms with Gasteiger partial charge in [0.15, 0.2) is 11.6 Å². The standard InChI is InChI=1S/C35H40FN3O4/c1-23-12-11-13-24(2)28(23)19-32(40)29-18-30(36)31(20-33(29)43-25(3)27-16-9-6-10-17-27)39-35(41)38(4)34(37-39)22-42-21-26-14-7-5-8-15-26/h5,7-8,11-15,18,20,25,27H,6,9-10,16-17,19,21-22H2,1-4H3. The Kier molecular flexibility index (Phi) is 9.56. The van der Waals surface area contributed by atoms with Crippen molar-refractivity contribution in [2.75, 3.05) is 0 Å². The Balaban J connectivity index is 1.47. The highest BCUT2D eigenvalue weighted by molar-refractivity contribution is 6.00. The van der Waals surface area contributed by atoms with Gasteiger partial charge < -0.3 is 9.47 Å². The van der Waals surface area contributed by atoms with Crippen LogP contribution in [-0.4, -0.2) is 26.2 Å². The zero-order chi connectivity index (χ0) is 30.5. The van der Waals surface area contributed by atoms with Crippen molar-refractivity contribution in [3.05, 3.63) is 111 Å². The maximum Gasteiger partial charge on any atom is 0.350 e. The average molecular weight is 586 g/mol. The molecule has 5 rings (SSSR count). The number of Topliss-reactive ketones (excluding diaryl/α,β-unsaturated/α-hetero) is 1. The molecule has 0 radical (unpaired) electrons. The van der Waals surface area contributed by atoms with Gasteiger partial charge in [-0.2, -0.15) is 4.68 Å². The Hall–Kier alpha value is -4.04. The van der Waals surface area contributed by atoms with Crippen LogP contribution < -0.4 is 10.4 Å². The van der Waals surface area contributed by atoms with Crippen LogP contribution in [-0.2, 0) is 31.4 Å². The molecular weight excluding hydrogens is 545 g/mol. The van der Waals surface area contributed by atoms with Gasteiger partial charge in [-0.25, -0.2) is 9.18 Å². The summed E-state index contributed by atoms with van der Waals surface area (Å²) in [6.45, 7) is 6.37. The molecule has 0 amide bonds. The van der Waals surface area contributed by atoms with Crippen molar-refractivity contribution in [1.82, 2.24) is 14.3 Å². The van der Waals surface area contributed by atoms with Crippen LogP contribution in [0.5, 0.6) is 5.75 Å². The van der Waals surface area contributed by atoms with Crippen LogP contribution in [0.15, 0.2) is 65.5 Å². The molecule has 4 aromatic rings. The number of ether oxygens (including phenoxy) is 2. The number of hydrogen-bond donors (Lipinski definition) is 0. The normalized spacial score (nSPS) is 14.5. The smallest absolute Gasteiger partial charge is 0.350 e. The Morgan fingerprint density at radius 1 is 1.00 bits per heavy atom. The summed E-state index contributed by atoms with van der Waals surface area (Å²) in [7, 11) is 1.58. The molecule has 3 aromatic carbocycles. The van der Waals surface area contributed by atoms with Crippen LogP contribution in [0.4, 0.5) is 4.39 Å². The maximum absolute atomic E-state index is 15.8. The van der Waals surface area contributed by atoms with Crippen LogP contribution in [0.1, 0.15) is 77.5 Å². The second kappa shape index (κ2) is 13.5. The van der Waals surface area contributed by atoms with Gasteiger partial charge >= 0.3 is 5.69 Å². The Morgan fingerprint density at radius 3 is 2.40 bits per heavy atom. The minimum atomic E-state index is -0.723. The zero-order valence-corrected chi connectivity index (χ0v) is 25.4. The first-order chi connectivity index (χ1) is 20.7. The summed E-state index contributed by atoms with van der Waals surface area (Å²) in [5, 5.41) is 4.41.